The molecule has 1 amide bonds. The molecule has 4 nitrogen and oxygen atoms in total. The smallest absolute Gasteiger partial charge is 0.410 e. The van der Waals surface area contributed by atoms with Gasteiger partial charge in [0.25, 0.3) is 0 Å². The summed E-state index contributed by atoms with van der Waals surface area (Å²) in [6.45, 7) is 6.88. The molecule has 0 radical (unpaired) electrons. The Kier molecular flexibility index (Phi) is 9.42. The second-order valence-electron chi connectivity index (χ2n) is 7.67. The number of para-hydroxylation sites is 1. The van der Waals surface area contributed by atoms with Crippen LogP contribution >= 0.6 is 48.0 Å². The lowest BCUT2D eigenvalue weighted by Gasteiger charge is -2.32. The van der Waals surface area contributed by atoms with Gasteiger partial charge in [-0.15, -0.1) is 24.8 Å². The number of rotatable bonds is 3. The third kappa shape index (κ3) is 6.58. The number of carbonyl (C=O) groups excluding carboxylic acids is 1. The van der Waals surface area contributed by atoms with Gasteiger partial charge in [-0.05, 0) is 57.5 Å². The minimum absolute atomic E-state index is 0. The number of hydrogen-bond acceptors (Lipinski definition) is 3. The van der Waals surface area contributed by atoms with Crippen molar-refractivity contribution in [1.82, 2.24) is 4.90 Å². The highest BCUT2D eigenvalue weighted by Crippen LogP contribution is 2.35. The van der Waals surface area contributed by atoms with Gasteiger partial charge in [0.2, 0.25) is 0 Å². The first kappa shape index (κ1) is 25.7. The predicted molar refractivity (Wildman–Crippen MR) is 126 cm³/mol. The van der Waals surface area contributed by atoms with Crippen molar-refractivity contribution in [3.63, 3.8) is 0 Å². The highest BCUT2D eigenvalue weighted by atomic mass is 35.5. The molecule has 2 aromatic carbocycles. The van der Waals surface area contributed by atoms with E-state index in [0.29, 0.717) is 23.1 Å². The average Bonchev–Trinajstić information content (AvgIpc) is 3.08. The number of likely N-dealkylation sites (tertiary alicyclic amines) is 1. The Bertz CT molecular complexity index is 812. The molecule has 160 valence electrons. The molecule has 1 atom stereocenters. The molecule has 8 heteroatoms. The monoisotopic (exact) mass is 478 g/mol. The Labute approximate surface area is 194 Å². The molecule has 3 rings (SSSR count). The van der Waals surface area contributed by atoms with E-state index in [1.807, 2.05) is 51.1 Å². The lowest BCUT2D eigenvalue weighted by molar-refractivity contribution is 0.0293. The Hall–Kier alpha value is -1.33. The van der Waals surface area contributed by atoms with Gasteiger partial charge in [-0.2, -0.15) is 0 Å². The Morgan fingerprint density at radius 1 is 1.03 bits per heavy atom. The van der Waals surface area contributed by atoms with Crippen LogP contribution in [0, 0.1) is 0 Å². The molecule has 1 aliphatic rings. The summed E-state index contributed by atoms with van der Waals surface area (Å²) in [5.74, 6) is 0. The first-order chi connectivity index (χ1) is 12.7. The van der Waals surface area contributed by atoms with Crippen LogP contribution in [0.2, 0.25) is 10.0 Å². The number of halogens is 4. The summed E-state index contributed by atoms with van der Waals surface area (Å²) in [4.78, 5) is 16.4. The highest BCUT2D eigenvalue weighted by Gasteiger charge is 2.33. The summed E-state index contributed by atoms with van der Waals surface area (Å²) in [6.07, 6.45) is 0.570. The van der Waals surface area contributed by atoms with E-state index in [0.717, 1.165) is 17.8 Å². The number of amides is 1. The van der Waals surface area contributed by atoms with Crippen LogP contribution < -0.4 is 4.90 Å². The van der Waals surface area contributed by atoms with Crippen LogP contribution in [0.1, 0.15) is 27.2 Å². The lowest BCUT2D eigenvalue weighted by Crippen LogP contribution is -2.38. The Morgan fingerprint density at radius 3 is 2.28 bits per heavy atom. The van der Waals surface area contributed by atoms with E-state index in [9.17, 15) is 4.79 Å². The Morgan fingerprint density at radius 2 is 1.69 bits per heavy atom. The van der Waals surface area contributed by atoms with Crippen molar-refractivity contribution >= 4 is 65.5 Å². The third-order valence-corrected chi connectivity index (χ3v) is 5.13. The predicted octanol–water partition coefficient (Wildman–Crippen LogP) is 6.98. The van der Waals surface area contributed by atoms with Crippen LogP contribution in [0.5, 0.6) is 0 Å². The van der Waals surface area contributed by atoms with E-state index in [-0.39, 0.29) is 36.9 Å². The molecule has 29 heavy (non-hydrogen) atoms. The van der Waals surface area contributed by atoms with Crippen LogP contribution in [0.15, 0.2) is 48.5 Å². The molecule has 0 aliphatic carbocycles. The van der Waals surface area contributed by atoms with Gasteiger partial charge in [-0.25, -0.2) is 4.79 Å². The van der Waals surface area contributed by atoms with Crippen molar-refractivity contribution in [2.45, 2.75) is 38.8 Å². The fourth-order valence-corrected chi connectivity index (χ4v) is 3.53. The van der Waals surface area contributed by atoms with Gasteiger partial charge < -0.3 is 14.5 Å². The maximum Gasteiger partial charge on any atom is 0.410 e. The molecule has 0 bridgehead atoms. The largest absolute Gasteiger partial charge is 0.444 e. The van der Waals surface area contributed by atoms with E-state index in [4.69, 9.17) is 27.9 Å². The molecular formula is C21H26Cl4N2O2. The summed E-state index contributed by atoms with van der Waals surface area (Å²) in [5, 5.41) is 1.03. The first-order valence-electron chi connectivity index (χ1n) is 9.02. The van der Waals surface area contributed by atoms with E-state index < -0.39 is 5.60 Å². The van der Waals surface area contributed by atoms with E-state index in [2.05, 4.69) is 17.0 Å². The number of hydrogen-bond donors (Lipinski definition) is 0. The number of carbonyl (C=O) groups is 1. The topological polar surface area (TPSA) is 32.8 Å². The second-order valence-corrected chi connectivity index (χ2v) is 8.49. The SMILES string of the molecule is CC(C)(C)OC(=O)N1CC[C@H](N(c2ccccc2)c2ccc(Cl)c(Cl)c2)C1.Cl.Cl. The molecule has 1 heterocycles. The average molecular weight is 480 g/mol. The standard InChI is InChI=1S/C21H24Cl2N2O2.2ClH/c1-21(2,3)27-20(26)24-12-11-17(14-24)25(15-7-5-4-6-8-15)16-9-10-18(22)19(23)13-16;;/h4-10,13,17H,11-12,14H2,1-3H3;2*1H/t17-;;/m0../s1. The lowest BCUT2D eigenvalue weighted by atomic mass is 10.1. The van der Waals surface area contributed by atoms with Crippen molar-refractivity contribution in [2.75, 3.05) is 18.0 Å². The van der Waals surface area contributed by atoms with E-state index >= 15 is 0 Å². The fourth-order valence-electron chi connectivity index (χ4n) is 3.24. The van der Waals surface area contributed by atoms with E-state index in [1.165, 1.54) is 0 Å². The van der Waals surface area contributed by atoms with Crippen LogP contribution in [0.3, 0.4) is 0 Å². The van der Waals surface area contributed by atoms with Crippen molar-refractivity contribution in [1.29, 1.82) is 0 Å². The maximum atomic E-state index is 12.4. The van der Waals surface area contributed by atoms with Gasteiger partial charge in [0.1, 0.15) is 5.60 Å². The summed E-state index contributed by atoms with van der Waals surface area (Å²) in [6, 6.07) is 15.8. The van der Waals surface area contributed by atoms with Crippen LogP contribution in [0.4, 0.5) is 16.2 Å². The normalized spacial score (nSPS) is 15.9. The zero-order chi connectivity index (χ0) is 19.6. The Balaban J connectivity index is 0.00000210. The molecule has 0 N–H and O–H groups in total. The summed E-state index contributed by atoms with van der Waals surface area (Å²) in [7, 11) is 0. The summed E-state index contributed by atoms with van der Waals surface area (Å²) < 4.78 is 5.53. The zero-order valence-corrected chi connectivity index (χ0v) is 19.7. The molecule has 1 saturated heterocycles. The minimum atomic E-state index is -0.502. The van der Waals surface area contributed by atoms with Crippen LogP contribution in [-0.2, 0) is 4.74 Å². The number of benzene rings is 2. The first-order valence-corrected chi connectivity index (χ1v) is 9.77. The zero-order valence-electron chi connectivity index (χ0n) is 16.6. The van der Waals surface area contributed by atoms with Crippen molar-refractivity contribution in [3.05, 3.63) is 58.6 Å². The van der Waals surface area contributed by atoms with Gasteiger partial charge >= 0.3 is 6.09 Å². The van der Waals surface area contributed by atoms with Gasteiger partial charge in [0, 0.05) is 24.5 Å². The van der Waals surface area contributed by atoms with Gasteiger partial charge in [0.05, 0.1) is 16.1 Å². The molecule has 1 fully saturated rings. The molecule has 1 aliphatic heterocycles. The minimum Gasteiger partial charge on any atom is -0.444 e. The highest BCUT2D eigenvalue weighted by molar-refractivity contribution is 6.42. The van der Waals surface area contributed by atoms with Gasteiger partial charge in [0.15, 0.2) is 0 Å². The van der Waals surface area contributed by atoms with Crippen molar-refractivity contribution < 1.29 is 9.53 Å². The van der Waals surface area contributed by atoms with Crippen molar-refractivity contribution in [3.8, 4) is 0 Å². The number of nitrogens with zero attached hydrogens (tertiary/aromatic N) is 2. The van der Waals surface area contributed by atoms with Gasteiger partial charge in [-0.1, -0.05) is 41.4 Å². The van der Waals surface area contributed by atoms with Gasteiger partial charge in [-0.3, -0.25) is 0 Å². The third-order valence-electron chi connectivity index (χ3n) is 4.40. The summed E-state index contributed by atoms with van der Waals surface area (Å²) in [5.41, 5.74) is 1.50. The van der Waals surface area contributed by atoms with E-state index in [1.54, 1.807) is 11.0 Å². The quantitative estimate of drug-likeness (QED) is 0.475. The maximum absolute atomic E-state index is 12.4. The second kappa shape index (κ2) is 10.6. The van der Waals surface area contributed by atoms with Crippen LogP contribution in [-0.4, -0.2) is 35.7 Å². The number of ether oxygens (including phenoxy) is 1. The molecule has 0 saturated carbocycles. The molecule has 2 aromatic rings. The molecule has 0 aromatic heterocycles. The summed E-state index contributed by atoms with van der Waals surface area (Å²) >= 11 is 12.4. The molecule has 0 spiro atoms. The molecule has 0 unspecified atom stereocenters. The molecular weight excluding hydrogens is 454 g/mol. The number of anilines is 2. The van der Waals surface area contributed by atoms with Crippen molar-refractivity contribution in [2.24, 2.45) is 0 Å². The van der Waals surface area contributed by atoms with Crippen LogP contribution in [0.25, 0.3) is 0 Å². The fraction of sp³-hybridized carbons (Fsp3) is 0.381.